The number of hydrogen-bond acceptors (Lipinski definition) is 4. The lowest BCUT2D eigenvalue weighted by molar-refractivity contribution is 0.0182. The summed E-state index contributed by atoms with van der Waals surface area (Å²) in [5, 5.41) is 18.0. The van der Waals surface area contributed by atoms with Gasteiger partial charge in [0, 0.05) is 0 Å². The topological polar surface area (TPSA) is 66.0 Å². The van der Waals surface area contributed by atoms with Crippen LogP contribution in [0.25, 0.3) is 0 Å². The van der Waals surface area contributed by atoms with E-state index in [-0.39, 0.29) is 24.7 Å². The van der Waals surface area contributed by atoms with E-state index in [2.05, 4.69) is 0 Å². The minimum absolute atomic E-state index is 0.0438. The van der Waals surface area contributed by atoms with Crippen LogP contribution in [-0.2, 0) is 22.7 Å². The van der Waals surface area contributed by atoms with Crippen LogP contribution < -0.4 is 0 Å². The molecule has 0 fully saturated rings. The van der Waals surface area contributed by atoms with E-state index in [1.165, 1.54) is 0 Å². The van der Waals surface area contributed by atoms with Gasteiger partial charge in [0.2, 0.25) is 5.57 Å². The van der Waals surface area contributed by atoms with Crippen molar-refractivity contribution in [3.05, 3.63) is 83.3 Å². The Hall–Kier alpha value is -3.24. The summed E-state index contributed by atoms with van der Waals surface area (Å²) in [7, 11) is 0. The molecule has 0 amide bonds. The quantitative estimate of drug-likeness (QED) is 0.601. The Morgan fingerprint density at radius 1 is 0.727 bits per heavy atom. The van der Waals surface area contributed by atoms with Crippen molar-refractivity contribution in [2.75, 3.05) is 0 Å². The SMILES string of the molecule is N#CC(C#N)=C(OCc1ccccc1)OCc1ccccc1. The van der Waals surface area contributed by atoms with E-state index in [0.29, 0.717) is 0 Å². The molecule has 0 radical (unpaired) electrons. The molecule has 2 aromatic rings. The van der Waals surface area contributed by atoms with Crippen molar-refractivity contribution in [2.45, 2.75) is 13.2 Å². The number of allylic oxidation sites excluding steroid dienone is 1. The second kappa shape index (κ2) is 8.14. The standard InChI is InChI=1S/C18H14N2O2/c19-11-17(12-20)18(21-13-15-7-3-1-4-8-15)22-14-16-9-5-2-6-10-16/h1-10H,13-14H2. The molecular weight excluding hydrogens is 276 g/mol. The number of ether oxygens (including phenoxy) is 2. The lowest BCUT2D eigenvalue weighted by atomic mass is 10.2. The molecule has 0 saturated heterocycles. The van der Waals surface area contributed by atoms with E-state index in [1.807, 2.05) is 60.7 Å². The molecule has 0 unspecified atom stereocenters. The predicted octanol–water partition coefficient (Wildman–Crippen LogP) is 3.68. The Labute approximate surface area is 129 Å². The fourth-order valence-electron chi connectivity index (χ4n) is 1.75. The first-order valence-corrected chi connectivity index (χ1v) is 6.71. The number of hydrogen-bond donors (Lipinski definition) is 0. The van der Waals surface area contributed by atoms with E-state index in [0.717, 1.165) is 11.1 Å². The van der Waals surface area contributed by atoms with Gasteiger partial charge in [-0.2, -0.15) is 10.5 Å². The molecule has 0 atom stereocenters. The molecule has 2 aromatic carbocycles. The Kier molecular flexibility index (Phi) is 5.61. The van der Waals surface area contributed by atoms with Gasteiger partial charge in [-0.15, -0.1) is 0 Å². The normalized spacial score (nSPS) is 9.18. The summed E-state index contributed by atoms with van der Waals surface area (Å²) in [6, 6.07) is 22.5. The van der Waals surface area contributed by atoms with Crippen LogP contribution in [0, 0.1) is 22.7 Å². The molecule has 0 saturated carbocycles. The van der Waals surface area contributed by atoms with E-state index >= 15 is 0 Å². The Balaban J connectivity index is 2.06. The van der Waals surface area contributed by atoms with Crippen LogP contribution in [0.15, 0.2) is 72.2 Å². The largest absolute Gasteiger partial charge is 0.459 e. The summed E-state index contributed by atoms with van der Waals surface area (Å²) < 4.78 is 11.0. The van der Waals surface area contributed by atoms with Gasteiger partial charge in [-0.3, -0.25) is 0 Å². The first-order chi connectivity index (χ1) is 10.8. The third-order valence-corrected chi connectivity index (χ3v) is 2.85. The van der Waals surface area contributed by atoms with Gasteiger partial charge in [0.1, 0.15) is 25.4 Å². The van der Waals surface area contributed by atoms with Crippen LogP contribution in [0.5, 0.6) is 0 Å². The van der Waals surface area contributed by atoms with Crippen LogP contribution in [0.3, 0.4) is 0 Å². The number of nitriles is 2. The van der Waals surface area contributed by atoms with Gasteiger partial charge in [-0.1, -0.05) is 60.7 Å². The predicted molar refractivity (Wildman–Crippen MR) is 80.7 cm³/mol. The van der Waals surface area contributed by atoms with Crippen molar-refractivity contribution in [1.29, 1.82) is 10.5 Å². The lowest BCUT2D eigenvalue weighted by Gasteiger charge is -2.12. The zero-order valence-electron chi connectivity index (χ0n) is 11.9. The molecule has 0 aliphatic carbocycles. The molecule has 4 heteroatoms. The average molecular weight is 290 g/mol. The molecular formula is C18H14N2O2. The van der Waals surface area contributed by atoms with Crippen molar-refractivity contribution < 1.29 is 9.47 Å². The maximum Gasteiger partial charge on any atom is 0.309 e. The highest BCUT2D eigenvalue weighted by Crippen LogP contribution is 2.14. The first kappa shape index (κ1) is 15.2. The van der Waals surface area contributed by atoms with Gasteiger partial charge in [0.15, 0.2) is 0 Å². The molecule has 0 aliphatic heterocycles. The fraction of sp³-hybridized carbons (Fsp3) is 0.111. The number of rotatable bonds is 6. The molecule has 108 valence electrons. The van der Waals surface area contributed by atoms with Crippen LogP contribution in [0.2, 0.25) is 0 Å². The van der Waals surface area contributed by atoms with Gasteiger partial charge < -0.3 is 9.47 Å². The molecule has 22 heavy (non-hydrogen) atoms. The molecule has 0 heterocycles. The minimum atomic E-state index is -0.174. The lowest BCUT2D eigenvalue weighted by Crippen LogP contribution is -2.02. The maximum atomic E-state index is 9.00. The second-order valence-corrected chi connectivity index (χ2v) is 4.43. The molecule has 0 N–H and O–H groups in total. The third-order valence-electron chi connectivity index (χ3n) is 2.85. The highest BCUT2D eigenvalue weighted by Gasteiger charge is 2.10. The fourth-order valence-corrected chi connectivity index (χ4v) is 1.75. The molecule has 2 rings (SSSR count). The van der Waals surface area contributed by atoms with Gasteiger partial charge in [-0.05, 0) is 11.1 Å². The Morgan fingerprint density at radius 3 is 1.50 bits per heavy atom. The molecule has 0 aromatic heterocycles. The summed E-state index contributed by atoms with van der Waals surface area (Å²) >= 11 is 0. The number of benzene rings is 2. The molecule has 0 bridgehead atoms. The monoisotopic (exact) mass is 290 g/mol. The zero-order valence-corrected chi connectivity index (χ0v) is 11.9. The van der Waals surface area contributed by atoms with Gasteiger partial charge >= 0.3 is 5.95 Å². The molecule has 4 nitrogen and oxygen atoms in total. The van der Waals surface area contributed by atoms with Crippen molar-refractivity contribution in [3.8, 4) is 12.1 Å². The van der Waals surface area contributed by atoms with Crippen molar-refractivity contribution >= 4 is 0 Å². The van der Waals surface area contributed by atoms with Gasteiger partial charge in [-0.25, -0.2) is 0 Å². The summed E-state index contributed by atoms with van der Waals surface area (Å²) in [6.07, 6.45) is 0. The highest BCUT2D eigenvalue weighted by atomic mass is 16.7. The van der Waals surface area contributed by atoms with Gasteiger partial charge in [0.25, 0.3) is 0 Å². The van der Waals surface area contributed by atoms with Crippen LogP contribution in [0.4, 0.5) is 0 Å². The van der Waals surface area contributed by atoms with E-state index in [9.17, 15) is 0 Å². The summed E-state index contributed by atoms with van der Waals surface area (Å²) in [5.41, 5.74) is 1.68. The molecule has 0 spiro atoms. The summed E-state index contributed by atoms with van der Waals surface area (Å²) in [6.45, 7) is 0.468. The molecule has 0 aliphatic rings. The van der Waals surface area contributed by atoms with Crippen molar-refractivity contribution in [2.24, 2.45) is 0 Å². The summed E-state index contributed by atoms with van der Waals surface area (Å²) in [5.74, 6) is -0.0438. The Morgan fingerprint density at radius 2 is 1.14 bits per heavy atom. The maximum absolute atomic E-state index is 9.00. The second-order valence-electron chi connectivity index (χ2n) is 4.43. The average Bonchev–Trinajstić information content (AvgIpc) is 2.59. The van der Waals surface area contributed by atoms with Gasteiger partial charge in [0.05, 0.1) is 0 Å². The van der Waals surface area contributed by atoms with Crippen molar-refractivity contribution in [1.82, 2.24) is 0 Å². The smallest absolute Gasteiger partial charge is 0.309 e. The third kappa shape index (κ3) is 4.40. The highest BCUT2D eigenvalue weighted by molar-refractivity contribution is 5.36. The van der Waals surface area contributed by atoms with E-state index in [4.69, 9.17) is 20.0 Å². The van der Waals surface area contributed by atoms with Crippen LogP contribution >= 0.6 is 0 Å². The van der Waals surface area contributed by atoms with Crippen molar-refractivity contribution in [3.63, 3.8) is 0 Å². The van der Waals surface area contributed by atoms with E-state index < -0.39 is 0 Å². The zero-order chi connectivity index (χ0) is 15.6. The van der Waals surface area contributed by atoms with E-state index in [1.54, 1.807) is 12.1 Å². The number of nitrogens with zero attached hydrogens (tertiary/aromatic N) is 2. The minimum Gasteiger partial charge on any atom is -0.459 e. The Bertz CT molecular complexity index is 649. The van der Waals surface area contributed by atoms with Crippen LogP contribution in [0.1, 0.15) is 11.1 Å². The van der Waals surface area contributed by atoms with Crippen LogP contribution in [-0.4, -0.2) is 0 Å². The summed E-state index contributed by atoms with van der Waals surface area (Å²) in [4.78, 5) is 0. The first-order valence-electron chi connectivity index (χ1n) is 6.71.